The molecule has 0 heterocycles. The highest BCUT2D eigenvalue weighted by molar-refractivity contribution is 6.43. The molecule has 0 bridgehead atoms. The van der Waals surface area contributed by atoms with Crippen molar-refractivity contribution in [2.45, 2.75) is 0 Å². The molecule has 28 heavy (non-hydrogen) atoms. The standard InChI is InChI=1S/C22H16Cl2O4/c1-27-21(25)17-18(22(26)28-2)20(24)16(14-11-7-4-8-12-14)15(19(17)23)13-9-5-3-6-10-13/h3-12H,1-2H3. The third kappa shape index (κ3) is 3.49. The van der Waals surface area contributed by atoms with Crippen molar-refractivity contribution in [2.75, 3.05) is 14.2 Å². The SMILES string of the molecule is COC(=O)c1c(Cl)c(-c2ccccc2)c(-c2ccccc2)c(Cl)c1C(=O)OC. The first-order valence-electron chi connectivity index (χ1n) is 8.33. The van der Waals surface area contributed by atoms with Gasteiger partial charge in [0.15, 0.2) is 0 Å². The zero-order chi connectivity index (χ0) is 20.3. The summed E-state index contributed by atoms with van der Waals surface area (Å²) in [6.45, 7) is 0. The van der Waals surface area contributed by atoms with Gasteiger partial charge in [-0.2, -0.15) is 0 Å². The Morgan fingerprint density at radius 3 is 1.25 bits per heavy atom. The van der Waals surface area contributed by atoms with Crippen LogP contribution >= 0.6 is 23.2 Å². The van der Waals surface area contributed by atoms with Gasteiger partial charge in [0.1, 0.15) is 0 Å². The van der Waals surface area contributed by atoms with E-state index in [1.807, 2.05) is 60.7 Å². The summed E-state index contributed by atoms with van der Waals surface area (Å²) in [5.74, 6) is -1.55. The van der Waals surface area contributed by atoms with Crippen molar-refractivity contribution >= 4 is 35.1 Å². The van der Waals surface area contributed by atoms with Gasteiger partial charge in [-0.25, -0.2) is 9.59 Å². The molecule has 3 aromatic carbocycles. The molecular formula is C22H16Cl2O4. The van der Waals surface area contributed by atoms with Crippen molar-refractivity contribution in [3.63, 3.8) is 0 Å². The smallest absolute Gasteiger partial charge is 0.340 e. The third-order valence-corrected chi connectivity index (χ3v) is 5.04. The molecule has 0 atom stereocenters. The zero-order valence-electron chi connectivity index (χ0n) is 15.2. The number of rotatable bonds is 4. The van der Waals surface area contributed by atoms with Crippen LogP contribution in [0.15, 0.2) is 60.7 Å². The fourth-order valence-electron chi connectivity index (χ4n) is 3.03. The molecule has 6 heteroatoms. The predicted molar refractivity (Wildman–Crippen MR) is 110 cm³/mol. The summed E-state index contributed by atoms with van der Waals surface area (Å²) in [6, 6.07) is 18.5. The van der Waals surface area contributed by atoms with Crippen molar-refractivity contribution in [1.29, 1.82) is 0 Å². The van der Waals surface area contributed by atoms with Crippen LogP contribution in [0.25, 0.3) is 22.3 Å². The van der Waals surface area contributed by atoms with Crippen LogP contribution in [-0.4, -0.2) is 26.2 Å². The Hall–Kier alpha value is -2.82. The summed E-state index contributed by atoms with van der Waals surface area (Å²) in [7, 11) is 2.42. The van der Waals surface area contributed by atoms with Crippen LogP contribution in [0, 0.1) is 0 Å². The molecule has 0 saturated carbocycles. The van der Waals surface area contributed by atoms with E-state index >= 15 is 0 Å². The van der Waals surface area contributed by atoms with Crippen LogP contribution in [0.3, 0.4) is 0 Å². The average molecular weight is 415 g/mol. The molecule has 0 aromatic heterocycles. The van der Waals surface area contributed by atoms with Crippen LogP contribution in [-0.2, 0) is 9.47 Å². The summed E-state index contributed by atoms with van der Waals surface area (Å²) in [5.41, 5.74) is 2.31. The van der Waals surface area contributed by atoms with Gasteiger partial charge in [0.05, 0.1) is 35.4 Å². The van der Waals surface area contributed by atoms with Crippen LogP contribution in [0.5, 0.6) is 0 Å². The van der Waals surface area contributed by atoms with Gasteiger partial charge in [-0.05, 0) is 11.1 Å². The average Bonchev–Trinajstić information content (AvgIpc) is 2.74. The van der Waals surface area contributed by atoms with Crippen LogP contribution in [0.4, 0.5) is 0 Å². The first-order chi connectivity index (χ1) is 13.5. The lowest BCUT2D eigenvalue weighted by Crippen LogP contribution is -2.15. The summed E-state index contributed by atoms with van der Waals surface area (Å²) >= 11 is 13.4. The Morgan fingerprint density at radius 2 is 0.964 bits per heavy atom. The normalized spacial score (nSPS) is 10.4. The Morgan fingerprint density at radius 1 is 0.643 bits per heavy atom. The van der Waals surface area contributed by atoms with E-state index in [2.05, 4.69) is 0 Å². The highest BCUT2D eigenvalue weighted by atomic mass is 35.5. The van der Waals surface area contributed by atoms with Crippen LogP contribution in [0.2, 0.25) is 10.0 Å². The van der Waals surface area contributed by atoms with Crippen molar-refractivity contribution in [3.8, 4) is 22.3 Å². The molecule has 0 amide bonds. The Balaban J connectivity index is 2.52. The predicted octanol–water partition coefficient (Wildman–Crippen LogP) is 5.90. The first kappa shape index (κ1) is 19.9. The number of halogens is 2. The lowest BCUT2D eigenvalue weighted by atomic mass is 9.89. The number of esters is 2. The second kappa shape index (κ2) is 8.46. The fourth-order valence-corrected chi connectivity index (χ4v) is 3.78. The molecular weight excluding hydrogens is 399 g/mol. The quantitative estimate of drug-likeness (QED) is 0.498. The van der Waals surface area contributed by atoms with Gasteiger partial charge >= 0.3 is 11.9 Å². The number of hydrogen-bond acceptors (Lipinski definition) is 4. The van der Waals surface area contributed by atoms with E-state index in [0.29, 0.717) is 11.1 Å². The molecule has 0 fully saturated rings. The van der Waals surface area contributed by atoms with E-state index < -0.39 is 11.9 Å². The Bertz CT molecular complexity index is 947. The van der Waals surface area contributed by atoms with Crippen molar-refractivity contribution < 1.29 is 19.1 Å². The van der Waals surface area contributed by atoms with Gasteiger partial charge in [-0.15, -0.1) is 0 Å². The van der Waals surface area contributed by atoms with E-state index in [0.717, 1.165) is 11.1 Å². The third-order valence-electron chi connectivity index (χ3n) is 4.28. The molecule has 0 unspecified atom stereocenters. The summed E-state index contributed by atoms with van der Waals surface area (Å²) in [6.07, 6.45) is 0. The molecule has 0 aliphatic heterocycles. The van der Waals surface area contributed by atoms with E-state index in [9.17, 15) is 9.59 Å². The molecule has 4 nitrogen and oxygen atoms in total. The maximum atomic E-state index is 12.5. The number of benzene rings is 3. The maximum absolute atomic E-state index is 12.5. The zero-order valence-corrected chi connectivity index (χ0v) is 16.7. The van der Waals surface area contributed by atoms with Gasteiger partial charge in [0.2, 0.25) is 0 Å². The lowest BCUT2D eigenvalue weighted by molar-refractivity contribution is 0.0555. The Kier molecular flexibility index (Phi) is 6.02. The summed E-state index contributed by atoms with van der Waals surface area (Å²) in [5, 5.41) is 0.142. The van der Waals surface area contributed by atoms with Gasteiger partial charge in [-0.3, -0.25) is 0 Å². The number of hydrogen-bond donors (Lipinski definition) is 0. The van der Waals surface area contributed by atoms with E-state index in [1.165, 1.54) is 14.2 Å². The number of carbonyl (C=O) groups excluding carboxylic acids is 2. The molecule has 0 spiro atoms. The van der Waals surface area contributed by atoms with Crippen molar-refractivity contribution in [2.24, 2.45) is 0 Å². The van der Waals surface area contributed by atoms with Gasteiger partial charge in [-0.1, -0.05) is 83.9 Å². The molecule has 3 aromatic rings. The Labute approximate surface area is 172 Å². The van der Waals surface area contributed by atoms with Crippen molar-refractivity contribution in [3.05, 3.63) is 81.8 Å². The summed E-state index contributed by atoms with van der Waals surface area (Å²) in [4.78, 5) is 25.0. The maximum Gasteiger partial charge on any atom is 0.340 e. The summed E-state index contributed by atoms with van der Waals surface area (Å²) < 4.78 is 9.71. The second-order valence-corrected chi connectivity index (χ2v) is 6.60. The second-order valence-electron chi connectivity index (χ2n) is 5.84. The first-order valence-corrected chi connectivity index (χ1v) is 9.09. The minimum atomic E-state index is -0.774. The largest absolute Gasteiger partial charge is 0.465 e. The molecule has 0 saturated heterocycles. The highest BCUT2D eigenvalue weighted by Gasteiger charge is 2.31. The minimum absolute atomic E-state index is 0.0710. The van der Waals surface area contributed by atoms with Gasteiger partial charge in [0.25, 0.3) is 0 Å². The molecule has 0 aliphatic carbocycles. The molecule has 0 radical (unpaired) electrons. The molecule has 0 aliphatic rings. The van der Waals surface area contributed by atoms with E-state index in [1.54, 1.807) is 0 Å². The molecule has 3 rings (SSSR count). The minimum Gasteiger partial charge on any atom is -0.465 e. The topological polar surface area (TPSA) is 52.6 Å². The lowest BCUT2D eigenvalue weighted by Gasteiger charge is -2.20. The van der Waals surface area contributed by atoms with Crippen LogP contribution < -0.4 is 0 Å². The number of carbonyl (C=O) groups is 2. The van der Waals surface area contributed by atoms with Gasteiger partial charge in [0, 0.05) is 11.1 Å². The molecule has 142 valence electrons. The van der Waals surface area contributed by atoms with Gasteiger partial charge < -0.3 is 9.47 Å². The highest BCUT2D eigenvalue weighted by Crippen LogP contribution is 2.46. The number of ether oxygens (including phenoxy) is 2. The molecule has 0 N–H and O–H groups in total. The van der Waals surface area contributed by atoms with E-state index in [-0.39, 0.29) is 21.2 Å². The van der Waals surface area contributed by atoms with E-state index in [4.69, 9.17) is 32.7 Å². The monoisotopic (exact) mass is 414 g/mol. The van der Waals surface area contributed by atoms with Crippen LogP contribution in [0.1, 0.15) is 20.7 Å². The fraction of sp³-hybridized carbons (Fsp3) is 0.0909. The number of methoxy groups -OCH3 is 2. The van der Waals surface area contributed by atoms with Crippen molar-refractivity contribution in [1.82, 2.24) is 0 Å².